The molecule has 122 valence electrons. The Morgan fingerprint density at radius 2 is 2.00 bits per heavy atom. The second kappa shape index (κ2) is 7.74. The van der Waals surface area contributed by atoms with Gasteiger partial charge in [0.2, 0.25) is 0 Å². The zero-order valence-corrected chi connectivity index (χ0v) is 13.2. The maximum absolute atomic E-state index is 11.9. The first-order valence-corrected chi connectivity index (χ1v) is 7.14. The number of non-ortho nitro benzene ring substituents is 1. The van der Waals surface area contributed by atoms with Crippen molar-refractivity contribution in [3.8, 4) is 5.75 Å². The topological polar surface area (TPSA) is 107 Å². The van der Waals surface area contributed by atoms with Crippen LogP contribution in [0.5, 0.6) is 5.75 Å². The molecule has 7 heteroatoms. The molecule has 0 aliphatic carbocycles. The number of nitro benzene ring substituents is 1. The number of ether oxygens (including phenoxy) is 1. The third kappa shape index (κ3) is 5.69. The zero-order chi connectivity index (χ0) is 16.8. The monoisotopic (exact) mass is 309 g/mol. The summed E-state index contributed by atoms with van der Waals surface area (Å²) in [5.74, 6) is 0.537. The predicted octanol–water partition coefficient (Wildman–Crippen LogP) is 1.85. The van der Waals surface area contributed by atoms with Crippen LogP contribution in [-0.4, -0.2) is 29.5 Å². The first-order valence-electron chi connectivity index (χ1n) is 7.14. The van der Waals surface area contributed by atoms with E-state index in [0.29, 0.717) is 18.2 Å². The van der Waals surface area contributed by atoms with Crippen molar-refractivity contribution in [2.75, 3.05) is 13.2 Å². The van der Waals surface area contributed by atoms with Gasteiger partial charge in [0.1, 0.15) is 5.75 Å². The first kappa shape index (κ1) is 17.9. The maximum Gasteiger partial charge on any atom is 0.269 e. The molecule has 0 aliphatic heterocycles. The molecular weight excluding hydrogens is 286 g/mol. The number of carbonyl (C=O) groups is 1. The van der Waals surface area contributed by atoms with E-state index < -0.39 is 10.5 Å². The third-order valence-corrected chi connectivity index (χ3v) is 3.17. The van der Waals surface area contributed by atoms with E-state index in [1.165, 1.54) is 24.3 Å². The number of nitrogens with one attached hydrogen (secondary N) is 1. The number of nitrogens with two attached hydrogens (primary N) is 1. The van der Waals surface area contributed by atoms with Gasteiger partial charge in [0.25, 0.3) is 11.6 Å². The average Bonchev–Trinajstić information content (AvgIpc) is 2.44. The summed E-state index contributed by atoms with van der Waals surface area (Å²) in [6.45, 7) is 6.21. The normalized spacial score (nSPS) is 13.5. The summed E-state index contributed by atoms with van der Waals surface area (Å²) in [5.41, 5.74) is 5.24. The van der Waals surface area contributed by atoms with Crippen molar-refractivity contribution >= 4 is 11.6 Å². The highest BCUT2D eigenvalue weighted by Gasteiger charge is 2.25. The summed E-state index contributed by atoms with van der Waals surface area (Å²) in [6, 6.07) is 5.58. The average molecular weight is 309 g/mol. The molecule has 0 fully saturated rings. The van der Waals surface area contributed by atoms with Gasteiger partial charge in [-0.05, 0) is 31.4 Å². The maximum atomic E-state index is 11.9. The van der Waals surface area contributed by atoms with Crippen molar-refractivity contribution in [3.63, 3.8) is 0 Å². The lowest BCUT2D eigenvalue weighted by molar-refractivity contribution is -0.384. The number of hydrogen-bond donors (Lipinski definition) is 2. The van der Waals surface area contributed by atoms with E-state index in [-0.39, 0.29) is 18.2 Å². The van der Waals surface area contributed by atoms with Crippen LogP contribution < -0.4 is 15.8 Å². The Morgan fingerprint density at radius 1 is 1.41 bits per heavy atom. The van der Waals surface area contributed by atoms with E-state index >= 15 is 0 Å². The number of nitro groups is 1. The van der Waals surface area contributed by atoms with Crippen molar-refractivity contribution in [1.29, 1.82) is 0 Å². The van der Waals surface area contributed by atoms with Crippen LogP contribution in [0.3, 0.4) is 0 Å². The lowest BCUT2D eigenvalue weighted by atomic mass is 9.91. The van der Waals surface area contributed by atoms with Crippen LogP contribution in [0, 0.1) is 16.0 Å². The SMILES string of the molecule is CC(C)CC(C)(CN)NC(=O)COc1ccc([N+](=O)[O-])cc1. The van der Waals surface area contributed by atoms with Crippen LogP contribution in [-0.2, 0) is 4.79 Å². The van der Waals surface area contributed by atoms with E-state index in [1.54, 1.807) is 0 Å². The second-order valence-corrected chi connectivity index (χ2v) is 5.95. The molecule has 1 unspecified atom stereocenters. The van der Waals surface area contributed by atoms with Crippen LogP contribution in [0.15, 0.2) is 24.3 Å². The Labute approximate surface area is 130 Å². The van der Waals surface area contributed by atoms with E-state index in [9.17, 15) is 14.9 Å². The number of amides is 1. The van der Waals surface area contributed by atoms with Gasteiger partial charge in [0.05, 0.1) is 4.92 Å². The molecule has 0 heterocycles. The summed E-state index contributed by atoms with van der Waals surface area (Å²) in [5, 5.41) is 13.4. The Hall–Kier alpha value is -2.15. The molecule has 0 saturated carbocycles. The Balaban J connectivity index is 2.53. The fourth-order valence-corrected chi connectivity index (χ4v) is 2.27. The highest BCUT2D eigenvalue weighted by atomic mass is 16.6. The van der Waals surface area contributed by atoms with E-state index in [2.05, 4.69) is 19.2 Å². The zero-order valence-electron chi connectivity index (χ0n) is 13.2. The van der Waals surface area contributed by atoms with Crippen molar-refractivity contribution in [3.05, 3.63) is 34.4 Å². The van der Waals surface area contributed by atoms with E-state index in [1.807, 2.05) is 6.92 Å². The van der Waals surface area contributed by atoms with Crippen molar-refractivity contribution in [2.45, 2.75) is 32.7 Å². The Morgan fingerprint density at radius 3 is 2.45 bits per heavy atom. The van der Waals surface area contributed by atoms with Crippen molar-refractivity contribution in [2.24, 2.45) is 11.7 Å². The summed E-state index contributed by atoms with van der Waals surface area (Å²) >= 11 is 0. The fraction of sp³-hybridized carbons (Fsp3) is 0.533. The summed E-state index contributed by atoms with van der Waals surface area (Å²) in [6.07, 6.45) is 0.771. The molecular formula is C15H23N3O4. The number of carbonyl (C=O) groups excluding carboxylic acids is 1. The van der Waals surface area contributed by atoms with Gasteiger partial charge in [-0.25, -0.2) is 0 Å². The minimum atomic E-state index is -0.491. The molecule has 0 radical (unpaired) electrons. The molecule has 0 spiro atoms. The molecule has 1 atom stereocenters. The highest BCUT2D eigenvalue weighted by molar-refractivity contribution is 5.78. The van der Waals surface area contributed by atoms with Crippen LogP contribution in [0.25, 0.3) is 0 Å². The number of hydrogen-bond acceptors (Lipinski definition) is 5. The van der Waals surface area contributed by atoms with E-state index in [4.69, 9.17) is 10.5 Å². The summed E-state index contributed by atoms with van der Waals surface area (Å²) in [7, 11) is 0. The van der Waals surface area contributed by atoms with Crippen molar-refractivity contribution < 1.29 is 14.5 Å². The van der Waals surface area contributed by atoms with Gasteiger partial charge in [-0.1, -0.05) is 13.8 Å². The summed E-state index contributed by atoms with van der Waals surface area (Å²) < 4.78 is 5.32. The Bertz CT molecular complexity index is 516. The van der Waals surface area contributed by atoms with Crippen molar-refractivity contribution in [1.82, 2.24) is 5.32 Å². The third-order valence-electron chi connectivity index (χ3n) is 3.17. The molecule has 1 aromatic rings. The van der Waals surface area contributed by atoms with Crippen LogP contribution >= 0.6 is 0 Å². The molecule has 0 bridgehead atoms. The van der Waals surface area contributed by atoms with Gasteiger partial charge in [-0.15, -0.1) is 0 Å². The number of rotatable bonds is 8. The number of nitrogens with zero attached hydrogens (tertiary/aromatic N) is 1. The number of benzene rings is 1. The Kier molecular flexibility index (Phi) is 6.30. The van der Waals surface area contributed by atoms with Gasteiger partial charge in [0, 0.05) is 24.2 Å². The lowest BCUT2D eigenvalue weighted by Crippen LogP contribution is -2.53. The van der Waals surface area contributed by atoms with Crippen LogP contribution in [0.4, 0.5) is 5.69 Å². The molecule has 1 aromatic carbocycles. The molecule has 1 amide bonds. The standard InChI is InChI=1S/C15H23N3O4/c1-11(2)8-15(3,10-16)17-14(19)9-22-13-6-4-12(5-7-13)18(20)21/h4-7,11H,8-10,16H2,1-3H3,(H,17,19). The molecule has 7 nitrogen and oxygen atoms in total. The predicted molar refractivity (Wildman–Crippen MR) is 83.6 cm³/mol. The largest absolute Gasteiger partial charge is 0.484 e. The molecule has 0 aliphatic rings. The quantitative estimate of drug-likeness (QED) is 0.563. The van der Waals surface area contributed by atoms with Gasteiger partial charge in [-0.2, -0.15) is 0 Å². The summed E-state index contributed by atoms with van der Waals surface area (Å²) in [4.78, 5) is 22.0. The minimum absolute atomic E-state index is 0.0237. The molecule has 0 saturated heterocycles. The molecule has 22 heavy (non-hydrogen) atoms. The highest BCUT2D eigenvalue weighted by Crippen LogP contribution is 2.18. The van der Waals surface area contributed by atoms with Crippen LogP contribution in [0.2, 0.25) is 0 Å². The molecule has 1 rings (SSSR count). The lowest BCUT2D eigenvalue weighted by Gasteiger charge is -2.31. The minimum Gasteiger partial charge on any atom is -0.484 e. The smallest absolute Gasteiger partial charge is 0.269 e. The van der Waals surface area contributed by atoms with Crippen LogP contribution in [0.1, 0.15) is 27.2 Å². The molecule has 3 N–H and O–H groups in total. The van der Waals surface area contributed by atoms with Gasteiger partial charge < -0.3 is 15.8 Å². The van der Waals surface area contributed by atoms with E-state index in [0.717, 1.165) is 6.42 Å². The second-order valence-electron chi connectivity index (χ2n) is 5.95. The fourth-order valence-electron chi connectivity index (χ4n) is 2.27. The molecule has 0 aromatic heterocycles. The van der Waals surface area contributed by atoms with Gasteiger partial charge >= 0.3 is 0 Å². The van der Waals surface area contributed by atoms with Gasteiger partial charge in [-0.3, -0.25) is 14.9 Å². The van der Waals surface area contributed by atoms with Gasteiger partial charge in [0.15, 0.2) is 6.61 Å². The first-order chi connectivity index (χ1) is 10.3.